The summed E-state index contributed by atoms with van der Waals surface area (Å²) < 4.78 is 5.73. The van der Waals surface area contributed by atoms with Gasteiger partial charge in [-0.05, 0) is 35.2 Å². The molecule has 0 spiro atoms. The summed E-state index contributed by atoms with van der Waals surface area (Å²) in [6, 6.07) is 17.5. The molecule has 1 heterocycles. The Morgan fingerprint density at radius 1 is 1.17 bits per heavy atom. The first-order valence-corrected chi connectivity index (χ1v) is 9.95. The molecule has 8 heteroatoms. The van der Waals surface area contributed by atoms with E-state index >= 15 is 0 Å². The van der Waals surface area contributed by atoms with E-state index in [1.807, 2.05) is 36.4 Å². The Labute approximate surface area is 173 Å². The summed E-state index contributed by atoms with van der Waals surface area (Å²) in [6.07, 6.45) is -1.12. The van der Waals surface area contributed by atoms with Crippen molar-refractivity contribution in [3.8, 4) is 0 Å². The maximum absolute atomic E-state index is 11.2. The first-order valence-electron chi connectivity index (χ1n) is 9.14. The summed E-state index contributed by atoms with van der Waals surface area (Å²) in [5.41, 5.74) is 1.68. The molecular formula is C21H24N4O3S. The average Bonchev–Trinajstić information content (AvgIpc) is 3.19. The number of amides is 1. The van der Waals surface area contributed by atoms with E-state index in [9.17, 15) is 9.90 Å². The molecule has 29 heavy (non-hydrogen) atoms. The minimum Gasteiger partial charge on any atom is -0.453 e. The number of carbonyl (C=O) groups is 1. The highest BCUT2D eigenvalue weighted by Crippen LogP contribution is 2.29. The fourth-order valence-electron chi connectivity index (χ4n) is 2.74. The molecule has 2 aromatic carbocycles. The molecule has 1 atom stereocenters. The SMILES string of the molecule is CN=C(NCc1ccc(NC(=O)OC)cc1)NCC(O)c1cc2ccccc2s1. The van der Waals surface area contributed by atoms with Crippen molar-refractivity contribution < 1.29 is 14.6 Å². The number of hydrogen-bond acceptors (Lipinski definition) is 5. The quantitative estimate of drug-likeness (QED) is 0.367. The molecule has 7 nitrogen and oxygen atoms in total. The van der Waals surface area contributed by atoms with Gasteiger partial charge in [0.1, 0.15) is 6.10 Å². The zero-order valence-electron chi connectivity index (χ0n) is 16.3. The number of nitrogens with one attached hydrogen (secondary N) is 3. The van der Waals surface area contributed by atoms with E-state index in [1.165, 1.54) is 7.11 Å². The van der Waals surface area contributed by atoms with Gasteiger partial charge >= 0.3 is 6.09 Å². The molecule has 1 unspecified atom stereocenters. The van der Waals surface area contributed by atoms with Crippen molar-refractivity contribution in [1.29, 1.82) is 0 Å². The van der Waals surface area contributed by atoms with Crippen molar-refractivity contribution in [1.82, 2.24) is 10.6 Å². The molecule has 0 saturated heterocycles. The molecule has 0 saturated carbocycles. The largest absolute Gasteiger partial charge is 0.453 e. The lowest BCUT2D eigenvalue weighted by molar-refractivity contribution is 0.184. The zero-order valence-corrected chi connectivity index (χ0v) is 17.1. The molecule has 3 rings (SSSR count). The van der Waals surface area contributed by atoms with Gasteiger partial charge in [0.15, 0.2) is 5.96 Å². The van der Waals surface area contributed by atoms with Crippen LogP contribution in [0.2, 0.25) is 0 Å². The second-order valence-electron chi connectivity index (χ2n) is 6.32. The van der Waals surface area contributed by atoms with Crippen LogP contribution in [0.4, 0.5) is 10.5 Å². The van der Waals surface area contributed by atoms with Gasteiger partial charge in [0.25, 0.3) is 0 Å². The normalized spacial score (nSPS) is 12.4. The van der Waals surface area contributed by atoms with Gasteiger partial charge in [0, 0.05) is 35.4 Å². The first kappa shape index (κ1) is 20.6. The Morgan fingerprint density at radius 2 is 1.93 bits per heavy atom. The van der Waals surface area contributed by atoms with Crippen LogP contribution in [0, 0.1) is 0 Å². The van der Waals surface area contributed by atoms with Crippen molar-refractivity contribution in [3.05, 3.63) is 65.0 Å². The first-order chi connectivity index (χ1) is 14.1. The minimum absolute atomic E-state index is 0.356. The summed E-state index contributed by atoms with van der Waals surface area (Å²) in [7, 11) is 3.01. The van der Waals surface area contributed by atoms with Crippen molar-refractivity contribution >= 4 is 39.2 Å². The number of aliphatic imine (C=N–C) groups is 1. The number of benzene rings is 2. The third kappa shape index (κ3) is 5.69. The number of fused-ring (bicyclic) bond motifs is 1. The highest BCUT2D eigenvalue weighted by atomic mass is 32.1. The van der Waals surface area contributed by atoms with Gasteiger partial charge < -0.3 is 20.5 Å². The van der Waals surface area contributed by atoms with Crippen molar-refractivity contribution in [2.24, 2.45) is 4.99 Å². The average molecular weight is 413 g/mol. The van der Waals surface area contributed by atoms with Crippen LogP contribution < -0.4 is 16.0 Å². The Kier molecular flexibility index (Phi) is 7.04. The number of guanidine groups is 1. The second-order valence-corrected chi connectivity index (χ2v) is 7.44. The van der Waals surface area contributed by atoms with E-state index in [-0.39, 0.29) is 0 Å². The molecule has 152 valence electrons. The van der Waals surface area contributed by atoms with Gasteiger partial charge in [0.2, 0.25) is 0 Å². The molecule has 1 amide bonds. The van der Waals surface area contributed by atoms with Gasteiger partial charge in [-0.25, -0.2) is 4.79 Å². The Hall–Kier alpha value is -3.10. The van der Waals surface area contributed by atoms with Crippen molar-refractivity contribution in [3.63, 3.8) is 0 Å². The molecule has 0 bridgehead atoms. The number of aliphatic hydroxyl groups is 1. The second kappa shape index (κ2) is 9.90. The number of anilines is 1. The lowest BCUT2D eigenvalue weighted by Gasteiger charge is -2.15. The van der Waals surface area contributed by atoms with Crippen molar-refractivity contribution in [2.75, 3.05) is 26.0 Å². The number of rotatable bonds is 6. The summed E-state index contributed by atoms with van der Waals surface area (Å²) >= 11 is 1.59. The molecule has 1 aromatic heterocycles. The fraction of sp³-hybridized carbons (Fsp3) is 0.238. The van der Waals surface area contributed by atoms with Crippen LogP contribution in [0.15, 0.2) is 59.6 Å². The smallest absolute Gasteiger partial charge is 0.411 e. The van der Waals surface area contributed by atoms with E-state index in [0.717, 1.165) is 20.5 Å². The highest BCUT2D eigenvalue weighted by molar-refractivity contribution is 7.19. The van der Waals surface area contributed by atoms with E-state index < -0.39 is 12.2 Å². The zero-order chi connectivity index (χ0) is 20.6. The van der Waals surface area contributed by atoms with E-state index in [2.05, 4.69) is 31.7 Å². The molecule has 4 N–H and O–H groups in total. The van der Waals surface area contributed by atoms with Crippen LogP contribution in [0.3, 0.4) is 0 Å². The number of ether oxygens (including phenoxy) is 1. The Balaban J connectivity index is 1.49. The molecule has 3 aromatic rings. The standard InChI is InChI=1S/C21H24N4O3S/c1-22-20(23-12-14-7-9-16(10-8-14)25-21(27)28-2)24-13-17(26)19-11-15-5-3-4-6-18(15)29-19/h3-11,17,26H,12-13H2,1-2H3,(H,25,27)(H2,22,23,24). The molecule has 0 aliphatic carbocycles. The lowest BCUT2D eigenvalue weighted by Crippen LogP contribution is -2.38. The summed E-state index contributed by atoms with van der Waals surface area (Å²) in [5.74, 6) is 0.599. The topological polar surface area (TPSA) is 95.0 Å². The number of methoxy groups -OCH3 is 1. The molecule has 0 fully saturated rings. The maximum Gasteiger partial charge on any atom is 0.411 e. The predicted molar refractivity (Wildman–Crippen MR) is 117 cm³/mol. The Morgan fingerprint density at radius 3 is 2.62 bits per heavy atom. The molecule has 0 aliphatic rings. The number of aliphatic hydroxyl groups excluding tert-OH is 1. The highest BCUT2D eigenvalue weighted by Gasteiger charge is 2.12. The van der Waals surface area contributed by atoms with Crippen molar-refractivity contribution in [2.45, 2.75) is 12.6 Å². The maximum atomic E-state index is 11.2. The molecule has 0 aliphatic heterocycles. The van der Waals surface area contributed by atoms with E-state index in [0.29, 0.717) is 24.7 Å². The number of hydrogen-bond donors (Lipinski definition) is 4. The van der Waals surface area contributed by atoms with Gasteiger partial charge in [0.05, 0.1) is 7.11 Å². The van der Waals surface area contributed by atoms with Crippen LogP contribution >= 0.6 is 11.3 Å². The van der Waals surface area contributed by atoms with Crippen LogP contribution in [0.1, 0.15) is 16.5 Å². The predicted octanol–water partition coefficient (Wildman–Crippen LogP) is 3.48. The van der Waals surface area contributed by atoms with Gasteiger partial charge in [-0.1, -0.05) is 30.3 Å². The summed E-state index contributed by atoms with van der Waals surface area (Å²) in [5, 5.41) is 20.6. The number of carbonyl (C=O) groups excluding carboxylic acids is 1. The van der Waals surface area contributed by atoms with Gasteiger partial charge in [-0.2, -0.15) is 0 Å². The monoisotopic (exact) mass is 412 g/mol. The lowest BCUT2D eigenvalue weighted by atomic mass is 10.2. The third-order valence-electron chi connectivity index (χ3n) is 4.31. The van der Waals surface area contributed by atoms with Gasteiger partial charge in [-0.3, -0.25) is 10.3 Å². The minimum atomic E-state index is -0.616. The third-order valence-corrected chi connectivity index (χ3v) is 5.52. The number of nitrogens with zero attached hydrogens (tertiary/aromatic N) is 1. The fourth-order valence-corrected chi connectivity index (χ4v) is 3.79. The Bertz CT molecular complexity index is 952. The van der Waals surface area contributed by atoms with Crippen LogP contribution in [-0.2, 0) is 11.3 Å². The molecule has 0 radical (unpaired) electrons. The molecular weight excluding hydrogens is 388 g/mol. The summed E-state index contributed by atoms with van der Waals surface area (Å²) in [4.78, 5) is 16.3. The number of thiophene rings is 1. The van der Waals surface area contributed by atoms with Gasteiger partial charge in [-0.15, -0.1) is 11.3 Å². The van der Waals surface area contributed by atoms with E-state index in [4.69, 9.17) is 0 Å². The van der Waals surface area contributed by atoms with Crippen LogP contribution in [0.5, 0.6) is 0 Å². The van der Waals surface area contributed by atoms with E-state index in [1.54, 1.807) is 30.5 Å². The summed E-state index contributed by atoms with van der Waals surface area (Å²) in [6.45, 7) is 0.908. The van der Waals surface area contributed by atoms with Crippen LogP contribution in [0.25, 0.3) is 10.1 Å². The van der Waals surface area contributed by atoms with Crippen LogP contribution in [-0.4, -0.2) is 37.9 Å².